The summed E-state index contributed by atoms with van der Waals surface area (Å²) in [6.45, 7) is 5.54. The molecule has 0 aliphatic rings. The molecule has 0 bridgehead atoms. The Bertz CT molecular complexity index is 1420. The summed E-state index contributed by atoms with van der Waals surface area (Å²) in [7, 11) is 0. The van der Waals surface area contributed by atoms with Crippen LogP contribution in [0.1, 0.15) is 26.6 Å². The fourth-order valence-electron chi connectivity index (χ4n) is 3.33. The maximum Gasteiger partial charge on any atom is 0.420 e. The molecule has 1 heterocycles. The van der Waals surface area contributed by atoms with E-state index in [1.807, 2.05) is 57.2 Å². The zero-order valence-electron chi connectivity index (χ0n) is 19.8. The van der Waals surface area contributed by atoms with E-state index in [0.29, 0.717) is 37.8 Å². The molecule has 0 aliphatic carbocycles. The highest BCUT2D eigenvalue weighted by molar-refractivity contribution is 7.80. The Morgan fingerprint density at radius 2 is 1.64 bits per heavy atom. The number of hydrogen-bond acceptors (Lipinski definition) is 5. The third-order valence-corrected chi connectivity index (χ3v) is 5.81. The molecule has 0 aliphatic heterocycles. The fourth-order valence-corrected chi connectivity index (χ4v) is 3.87. The lowest BCUT2D eigenvalue weighted by Crippen LogP contribution is -2.28. The van der Waals surface area contributed by atoms with Crippen LogP contribution in [0.3, 0.4) is 0 Å². The minimum atomic E-state index is -0.640. The Morgan fingerprint density at radius 3 is 2.33 bits per heavy atom. The molecule has 0 saturated carbocycles. The van der Waals surface area contributed by atoms with Crippen LogP contribution in [0.5, 0.6) is 5.75 Å². The predicted molar refractivity (Wildman–Crippen MR) is 148 cm³/mol. The van der Waals surface area contributed by atoms with E-state index in [0.717, 1.165) is 11.4 Å². The normalized spacial score (nSPS) is 11.2. The summed E-state index contributed by atoms with van der Waals surface area (Å²) in [6, 6.07) is 19.8. The molecule has 0 radical (unpaired) electrons. The number of benzene rings is 3. The number of para-hydroxylation sites is 2. The molecule has 10 heteroatoms. The van der Waals surface area contributed by atoms with E-state index < -0.39 is 11.7 Å². The third kappa shape index (κ3) is 6.46. The zero-order valence-corrected chi connectivity index (χ0v) is 22.2. The summed E-state index contributed by atoms with van der Waals surface area (Å²) < 4.78 is 13.0. The summed E-state index contributed by atoms with van der Waals surface area (Å²) in [5.74, 6) is 1.05. The molecule has 186 valence electrons. The summed E-state index contributed by atoms with van der Waals surface area (Å²) in [5, 5.41) is 7.46. The van der Waals surface area contributed by atoms with Crippen LogP contribution in [0.4, 0.5) is 16.2 Å². The summed E-state index contributed by atoms with van der Waals surface area (Å²) in [6.07, 6.45) is -0.502. The monoisotopic (exact) mass is 542 g/mol. The molecule has 0 atom stereocenters. The van der Waals surface area contributed by atoms with Gasteiger partial charge in [-0.2, -0.15) is 0 Å². The van der Waals surface area contributed by atoms with Crippen LogP contribution >= 0.6 is 35.4 Å². The van der Waals surface area contributed by atoms with E-state index in [-0.39, 0.29) is 6.61 Å². The number of rotatable bonds is 5. The number of imidazole rings is 1. The molecule has 1 aromatic heterocycles. The van der Waals surface area contributed by atoms with E-state index in [2.05, 4.69) is 15.6 Å². The average molecular weight is 543 g/mol. The van der Waals surface area contributed by atoms with Gasteiger partial charge in [-0.25, -0.2) is 14.3 Å². The summed E-state index contributed by atoms with van der Waals surface area (Å²) in [5.41, 5.74) is 2.19. The zero-order chi connectivity index (χ0) is 25.9. The van der Waals surface area contributed by atoms with E-state index in [1.54, 1.807) is 30.3 Å². The first-order chi connectivity index (χ1) is 17.1. The molecule has 0 fully saturated rings. The Labute approximate surface area is 224 Å². The van der Waals surface area contributed by atoms with Crippen molar-refractivity contribution in [2.45, 2.75) is 33.0 Å². The van der Waals surface area contributed by atoms with Crippen LogP contribution in [0.2, 0.25) is 10.0 Å². The Balaban J connectivity index is 1.42. The van der Waals surface area contributed by atoms with Crippen LogP contribution < -0.4 is 15.4 Å². The number of aromatic nitrogens is 2. The van der Waals surface area contributed by atoms with Crippen LogP contribution in [-0.2, 0) is 11.3 Å². The lowest BCUT2D eigenvalue weighted by molar-refractivity contribution is 0.0533. The Kier molecular flexibility index (Phi) is 7.68. The minimum Gasteiger partial charge on any atom is -0.486 e. The molecule has 4 aromatic rings. The van der Waals surface area contributed by atoms with Gasteiger partial charge in [0.05, 0.1) is 21.1 Å². The molecule has 0 spiro atoms. The second-order valence-corrected chi connectivity index (χ2v) is 10.1. The van der Waals surface area contributed by atoms with Crippen molar-refractivity contribution in [3.05, 3.63) is 82.6 Å². The van der Waals surface area contributed by atoms with E-state index in [9.17, 15) is 4.79 Å². The van der Waals surface area contributed by atoms with Crippen molar-refractivity contribution in [3.63, 3.8) is 0 Å². The fraction of sp³-hybridized carbons (Fsp3) is 0.192. The van der Waals surface area contributed by atoms with Gasteiger partial charge >= 0.3 is 6.09 Å². The lowest BCUT2D eigenvalue weighted by Gasteiger charge is -2.20. The SMILES string of the molecule is CC(C)(C)OC(=O)n1c(COc2ccc(NC(=S)Nc3ccc(Cl)c(Cl)c3)cc2)nc2ccccc21. The number of nitrogens with zero attached hydrogens (tertiary/aromatic N) is 2. The first kappa shape index (κ1) is 25.8. The van der Waals surface area contributed by atoms with Gasteiger partial charge in [0.1, 0.15) is 18.0 Å². The standard InChI is InChI=1S/C26H24Cl2N4O3S/c1-26(2,3)35-25(33)32-22-7-5-4-6-21(22)31-23(32)15-34-18-11-8-16(9-12-18)29-24(36)30-17-10-13-19(27)20(28)14-17/h4-14H,15H2,1-3H3,(H2,29,30,36). The molecule has 0 unspecified atom stereocenters. The maximum absolute atomic E-state index is 12.9. The quantitative estimate of drug-likeness (QED) is 0.252. The van der Waals surface area contributed by atoms with Gasteiger partial charge in [-0.05, 0) is 87.6 Å². The van der Waals surface area contributed by atoms with Crippen molar-refractivity contribution in [2.75, 3.05) is 10.6 Å². The van der Waals surface area contributed by atoms with Crippen LogP contribution in [0, 0.1) is 0 Å². The minimum absolute atomic E-state index is 0.0813. The van der Waals surface area contributed by atoms with Crippen molar-refractivity contribution in [1.82, 2.24) is 9.55 Å². The summed E-state index contributed by atoms with van der Waals surface area (Å²) >= 11 is 17.4. The largest absolute Gasteiger partial charge is 0.486 e. The van der Waals surface area contributed by atoms with Gasteiger partial charge in [0, 0.05) is 11.4 Å². The molecular formula is C26H24Cl2N4O3S. The van der Waals surface area contributed by atoms with Crippen LogP contribution in [0.25, 0.3) is 11.0 Å². The van der Waals surface area contributed by atoms with Crippen LogP contribution in [-0.4, -0.2) is 26.4 Å². The predicted octanol–water partition coefficient (Wildman–Crippen LogP) is 7.51. The number of nitrogens with one attached hydrogen (secondary N) is 2. The molecule has 0 saturated heterocycles. The molecule has 36 heavy (non-hydrogen) atoms. The van der Waals surface area contributed by atoms with E-state index in [4.69, 9.17) is 44.9 Å². The molecule has 4 rings (SSSR count). The first-order valence-electron chi connectivity index (χ1n) is 11.0. The molecule has 7 nitrogen and oxygen atoms in total. The van der Waals surface area contributed by atoms with Crippen molar-refractivity contribution in [1.29, 1.82) is 0 Å². The van der Waals surface area contributed by atoms with Gasteiger partial charge in [-0.1, -0.05) is 35.3 Å². The van der Waals surface area contributed by atoms with Crippen molar-refractivity contribution in [3.8, 4) is 5.75 Å². The van der Waals surface area contributed by atoms with Crippen molar-refractivity contribution >= 4 is 69.0 Å². The molecule has 0 amide bonds. The Morgan fingerprint density at radius 1 is 0.972 bits per heavy atom. The number of fused-ring (bicyclic) bond motifs is 1. The number of anilines is 2. The van der Waals surface area contributed by atoms with E-state index >= 15 is 0 Å². The number of carbonyl (C=O) groups excluding carboxylic acids is 1. The van der Waals surface area contributed by atoms with Gasteiger partial charge in [0.15, 0.2) is 10.9 Å². The average Bonchev–Trinajstić information content (AvgIpc) is 3.18. The van der Waals surface area contributed by atoms with Gasteiger partial charge < -0.3 is 20.1 Å². The van der Waals surface area contributed by atoms with E-state index in [1.165, 1.54) is 4.57 Å². The summed E-state index contributed by atoms with van der Waals surface area (Å²) in [4.78, 5) is 17.5. The highest BCUT2D eigenvalue weighted by Crippen LogP contribution is 2.25. The third-order valence-electron chi connectivity index (χ3n) is 4.86. The van der Waals surface area contributed by atoms with Gasteiger partial charge in [-0.15, -0.1) is 0 Å². The second-order valence-electron chi connectivity index (χ2n) is 8.85. The maximum atomic E-state index is 12.9. The first-order valence-corrected chi connectivity index (χ1v) is 12.2. The van der Waals surface area contributed by atoms with Crippen molar-refractivity contribution < 1.29 is 14.3 Å². The van der Waals surface area contributed by atoms with Gasteiger partial charge in [0.2, 0.25) is 0 Å². The number of carbonyl (C=O) groups is 1. The Hall–Kier alpha value is -3.33. The molecular weight excluding hydrogens is 519 g/mol. The van der Waals surface area contributed by atoms with Crippen LogP contribution in [0.15, 0.2) is 66.7 Å². The van der Waals surface area contributed by atoms with Crippen molar-refractivity contribution in [2.24, 2.45) is 0 Å². The smallest absolute Gasteiger partial charge is 0.420 e. The topological polar surface area (TPSA) is 77.4 Å². The molecule has 2 N–H and O–H groups in total. The van der Waals surface area contributed by atoms with Gasteiger partial charge in [-0.3, -0.25) is 0 Å². The number of thiocarbonyl (C=S) groups is 1. The second kappa shape index (κ2) is 10.7. The van der Waals surface area contributed by atoms with Gasteiger partial charge in [0.25, 0.3) is 0 Å². The number of ether oxygens (including phenoxy) is 2. The number of halogens is 2. The highest BCUT2D eigenvalue weighted by Gasteiger charge is 2.23. The number of hydrogen-bond donors (Lipinski definition) is 2. The highest BCUT2D eigenvalue weighted by atomic mass is 35.5. The lowest BCUT2D eigenvalue weighted by atomic mass is 10.2. The molecule has 3 aromatic carbocycles.